The highest BCUT2D eigenvalue weighted by molar-refractivity contribution is 6.34. The van der Waals surface area contributed by atoms with Gasteiger partial charge in [0.2, 0.25) is 5.91 Å². The van der Waals surface area contributed by atoms with Crippen LogP contribution in [0.5, 0.6) is 0 Å². The van der Waals surface area contributed by atoms with Crippen LogP contribution in [-0.2, 0) is 13.6 Å². The Morgan fingerprint density at radius 3 is 2.89 bits per heavy atom. The van der Waals surface area contributed by atoms with Gasteiger partial charge in [0.15, 0.2) is 0 Å². The Labute approximate surface area is 110 Å². The summed E-state index contributed by atoms with van der Waals surface area (Å²) in [4.78, 5) is 15.2. The molecule has 3 N–H and O–H groups in total. The van der Waals surface area contributed by atoms with Crippen molar-refractivity contribution in [1.29, 1.82) is 0 Å². The molecule has 0 aliphatic carbocycles. The maximum absolute atomic E-state index is 11.0. The van der Waals surface area contributed by atoms with Gasteiger partial charge in [0, 0.05) is 25.1 Å². The SMILES string of the molecule is Cn1ccnc1CNc1ccc(C(N)=O)c(Cl)c1. The van der Waals surface area contributed by atoms with Crippen molar-refractivity contribution in [3.05, 3.63) is 47.0 Å². The number of imidazole rings is 1. The highest BCUT2D eigenvalue weighted by atomic mass is 35.5. The van der Waals surface area contributed by atoms with E-state index in [9.17, 15) is 4.79 Å². The molecule has 0 radical (unpaired) electrons. The van der Waals surface area contributed by atoms with Gasteiger partial charge in [0.05, 0.1) is 17.1 Å². The summed E-state index contributed by atoms with van der Waals surface area (Å²) in [7, 11) is 1.92. The number of aryl methyl sites for hydroxylation is 1. The topological polar surface area (TPSA) is 72.9 Å². The number of carbonyl (C=O) groups excluding carboxylic acids is 1. The fraction of sp³-hybridized carbons (Fsp3) is 0.167. The number of carbonyl (C=O) groups is 1. The van der Waals surface area contributed by atoms with Crippen LogP contribution in [0.4, 0.5) is 5.69 Å². The molecule has 0 saturated carbocycles. The zero-order valence-electron chi connectivity index (χ0n) is 9.85. The number of nitrogens with zero attached hydrogens (tertiary/aromatic N) is 2. The molecular weight excluding hydrogens is 252 g/mol. The van der Waals surface area contributed by atoms with Gasteiger partial charge in [-0.2, -0.15) is 0 Å². The van der Waals surface area contributed by atoms with E-state index in [4.69, 9.17) is 17.3 Å². The predicted molar refractivity (Wildman–Crippen MR) is 70.5 cm³/mol. The highest BCUT2D eigenvalue weighted by Crippen LogP contribution is 2.20. The molecule has 0 unspecified atom stereocenters. The van der Waals surface area contributed by atoms with E-state index in [2.05, 4.69) is 10.3 Å². The van der Waals surface area contributed by atoms with Gasteiger partial charge in [-0.1, -0.05) is 11.6 Å². The van der Waals surface area contributed by atoms with Crippen molar-refractivity contribution in [2.24, 2.45) is 12.8 Å². The summed E-state index contributed by atoms with van der Waals surface area (Å²) in [5, 5.41) is 3.52. The number of rotatable bonds is 4. The zero-order chi connectivity index (χ0) is 13.1. The fourth-order valence-corrected chi connectivity index (χ4v) is 1.85. The summed E-state index contributed by atoms with van der Waals surface area (Å²) >= 11 is 5.95. The number of nitrogens with two attached hydrogens (primary N) is 1. The lowest BCUT2D eigenvalue weighted by Crippen LogP contribution is -2.12. The Balaban J connectivity index is 2.09. The van der Waals surface area contributed by atoms with Gasteiger partial charge < -0.3 is 15.6 Å². The van der Waals surface area contributed by atoms with Crippen LogP contribution in [0.25, 0.3) is 0 Å². The number of aromatic nitrogens is 2. The molecule has 0 aliphatic rings. The number of anilines is 1. The second-order valence-corrected chi connectivity index (χ2v) is 4.27. The molecule has 5 nitrogen and oxygen atoms in total. The van der Waals surface area contributed by atoms with E-state index in [1.165, 1.54) is 0 Å². The molecular formula is C12H13ClN4O. The van der Waals surface area contributed by atoms with Gasteiger partial charge in [-0.25, -0.2) is 4.98 Å². The Hall–Kier alpha value is -2.01. The molecule has 1 amide bonds. The fourth-order valence-electron chi connectivity index (χ4n) is 1.57. The Morgan fingerprint density at radius 1 is 1.56 bits per heavy atom. The van der Waals surface area contributed by atoms with Crippen LogP contribution in [0.1, 0.15) is 16.2 Å². The maximum Gasteiger partial charge on any atom is 0.250 e. The van der Waals surface area contributed by atoms with E-state index in [-0.39, 0.29) is 0 Å². The number of amides is 1. The van der Waals surface area contributed by atoms with Crippen LogP contribution < -0.4 is 11.1 Å². The molecule has 18 heavy (non-hydrogen) atoms. The third-order valence-electron chi connectivity index (χ3n) is 2.61. The van der Waals surface area contributed by atoms with Crippen molar-refractivity contribution in [1.82, 2.24) is 9.55 Å². The molecule has 0 bridgehead atoms. The predicted octanol–water partition coefficient (Wildman–Crippen LogP) is 1.78. The molecule has 2 rings (SSSR count). The molecule has 1 aromatic carbocycles. The minimum atomic E-state index is -0.532. The number of primary amides is 1. The summed E-state index contributed by atoms with van der Waals surface area (Å²) in [6, 6.07) is 5.03. The third kappa shape index (κ3) is 2.62. The molecule has 1 heterocycles. The van der Waals surface area contributed by atoms with E-state index in [0.29, 0.717) is 17.1 Å². The average molecular weight is 265 g/mol. The van der Waals surface area contributed by atoms with E-state index >= 15 is 0 Å². The standard InChI is InChI=1S/C12H13ClN4O/c1-17-5-4-15-11(17)7-16-8-2-3-9(12(14)18)10(13)6-8/h2-6,16H,7H2,1H3,(H2,14,18). The molecule has 0 aliphatic heterocycles. The zero-order valence-corrected chi connectivity index (χ0v) is 10.6. The van der Waals surface area contributed by atoms with Crippen LogP contribution in [0.15, 0.2) is 30.6 Å². The number of hydrogen-bond donors (Lipinski definition) is 2. The third-order valence-corrected chi connectivity index (χ3v) is 2.92. The number of benzene rings is 1. The summed E-state index contributed by atoms with van der Waals surface area (Å²) in [5.74, 6) is 0.376. The first-order valence-electron chi connectivity index (χ1n) is 5.37. The molecule has 0 saturated heterocycles. The number of halogens is 1. The van der Waals surface area contributed by atoms with Crippen molar-refractivity contribution in [3.8, 4) is 0 Å². The Morgan fingerprint density at radius 2 is 2.33 bits per heavy atom. The van der Waals surface area contributed by atoms with Crippen LogP contribution in [0, 0.1) is 0 Å². The molecule has 0 spiro atoms. The van der Waals surface area contributed by atoms with Crippen molar-refractivity contribution >= 4 is 23.2 Å². The quantitative estimate of drug-likeness (QED) is 0.884. The van der Waals surface area contributed by atoms with Crippen LogP contribution in [0.3, 0.4) is 0 Å². The van der Waals surface area contributed by atoms with Gasteiger partial charge in [-0.15, -0.1) is 0 Å². The first kappa shape index (κ1) is 12.4. The van der Waals surface area contributed by atoms with E-state index in [1.54, 1.807) is 24.4 Å². The summed E-state index contributed by atoms with van der Waals surface area (Å²) in [6.45, 7) is 0.579. The van der Waals surface area contributed by atoms with Crippen molar-refractivity contribution < 1.29 is 4.79 Å². The van der Waals surface area contributed by atoms with Crippen molar-refractivity contribution in [2.45, 2.75) is 6.54 Å². The minimum absolute atomic E-state index is 0.319. The van der Waals surface area contributed by atoms with Gasteiger partial charge >= 0.3 is 0 Å². The lowest BCUT2D eigenvalue weighted by Gasteiger charge is -2.08. The van der Waals surface area contributed by atoms with Crippen LogP contribution >= 0.6 is 11.6 Å². The van der Waals surface area contributed by atoms with Gasteiger partial charge in [0.25, 0.3) is 0 Å². The van der Waals surface area contributed by atoms with E-state index < -0.39 is 5.91 Å². The lowest BCUT2D eigenvalue weighted by molar-refractivity contribution is 0.100. The summed E-state index contributed by atoms with van der Waals surface area (Å²) in [5.41, 5.74) is 6.31. The second-order valence-electron chi connectivity index (χ2n) is 3.87. The molecule has 2 aromatic rings. The smallest absolute Gasteiger partial charge is 0.250 e. The van der Waals surface area contributed by atoms with E-state index in [1.807, 2.05) is 17.8 Å². The molecule has 6 heteroatoms. The minimum Gasteiger partial charge on any atom is -0.378 e. The lowest BCUT2D eigenvalue weighted by atomic mass is 10.2. The van der Waals surface area contributed by atoms with Gasteiger partial charge in [-0.05, 0) is 18.2 Å². The van der Waals surface area contributed by atoms with E-state index in [0.717, 1.165) is 11.5 Å². The summed E-state index contributed by atoms with van der Waals surface area (Å²) < 4.78 is 1.92. The summed E-state index contributed by atoms with van der Waals surface area (Å²) in [6.07, 6.45) is 3.61. The first-order valence-corrected chi connectivity index (χ1v) is 5.75. The Bertz CT molecular complexity index is 579. The molecule has 94 valence electrons. The van der Waals surface area contributed by atoms with Gasteiger partial charge in [-0.3, -0.25) is 4.79 Å². The molecule has 1 aromatic heterocycles. The van der Waals surface area contributed by atoms with Crippen LogP contribution in [0.2, 0.25) is 5.02 Å². The van der Waals surface area contributed by atoms with Crippen molar-refractivity contribution in [3.63, 3.8) is 0 Å². The van der Waals surface area contributed by atoms with Crippen LogP contribution in [-0.4, -0.2) is 15.5 Å². The number of nitrogens with one attached hydrogen (secondary N) is 1. The number of hydrogen-bond acceptors (Lipinski definition) is 3. The molecule has 0 fully saturated rings. The average Bonchev–Trinajstić information content (AvgIpc) is 2.72. The highest BCUT2D eigenvalue weighted by Gasteiger charge is 2.07. The normalized spacial score (nSPS) is 10.3. The first-order chi connectivity index (χ1) is 8.58. The van der Waals surface area contributed by atoms with Gasteiger partial charge in [0.1, 0.15) is 5.82 Å². The monoisotopic (exact) mass is 264 g/mol. The Kier molecular flexibility index (Phi) is 3.53. The maximum atomic E-state index is 11.0. The molecule has 0 atom stereocenters. The largest absolute Gasteiger partial charge is 0.378 e. The van der Waals surface area contributed by atoms with Crippen molar-refractivity contribution in [2.75, 3.05) is 5.32 Å². The second kappa shape index (κ2) is 5.10.